The van der Waals surface area contributed by atoms with Gasteiger partial charge in [0, 0.05) is 33.3 Å². The van der Waals surface area contributed by atoms with Crippen LogP contribution < -0.4 is 5.32 Å². The van der Waals surface area contributed by atoms with E-state index in [1.807, 2.05) is 5.38 Å². The summed E-state index contributed by atoms with van der Waals surface area (Å²) in [7, 11) is 0. The average Bonchev–Trinajstić information content (AvgIpc) is 3.18. The number of carbonyl (C=O) groups excluding carboxylic acids is 2. The van der Waals surface area contributed by atoms with E-state index in [4.69, 9.17) is 0 Å². The van der Waals surface area contributed by atoms with Gasteiger partial charge in [0.05, 0.1) is 11.0 Å². The highest BCUT2D eigenvalue weighted by molar-refractivity contribution is 7.10. The molecular weight excluding hydrogens is 409 g/mol. The molecule has 0 bridgehead atoms. The maximum absolute atomic E-state index is 14.1. The molecule has 1 N–H and O–H groups in total. The normalized spacial score (nSPS) is 15.9. The number of fused-ring (bicyclic) bond motifs is 1. The molecule has 3 aromatic rings. The summed E-state index contributed by atoms with van der Waals surface area (Å²) in [5, 5.41) is 15.9. The van der Waals surface area contributed by atoms with Crippen molar-refractivity contribution >= 4 is 34.5 Å². The first-order valence-electron chi connectivity index (χ1n) is 9.04. The molecule has 0 spiro atoms. The van der Waals surface area contributed by atoms with Gasteiger partial charge in [-0.1, -0.05) is 12.1 Å². The van der Waals surface area contributed by atoms with Crippen molar-refractivity contribution in [2.45, 2.75) is 13.0 Å². The van der Waals surface area contributed by atoms with Gasteiger partial charge in [-0.15, -0.1) is 11.3 Å². The molecule has 0 fully saturated rings. The van der Waals surface area contributed by atoms with Crippen molar-refractivity contribution in [2.24, 2.45) is 0 Å². The van der Waals surface area contributed by atoms with E-state index in [-0.39, 0.29) is 23.4 Å². The van der Waals surface area contributed by atoms with E-state index in [0.29, 0.717) is 11.3 Å². The topological polar surface area (TPSA) is 92.6 Å². The van der Waals surface area contributed by atoms with Crippen LogP contribution in [0.25, 0.3) is 0 Å². The third kappa shape index (κ3) is 3.43. The molecule has 0 saturated carbocycles. The van der Waals surface area contributed by atoms with Crippen molar-refractivity contribution in [1.29, 1.82) is 0 Å². The SMILES string of the molecule is Cc1c(C(=O)N2CC(=O)Nc3ccc(F)cc3C2c2cccs2)cccc1[N+](=O)[O-]. The molecule has 0 aliphatic carbocycles. The molecule has 2 aromatic carbocycles. The summed E-state index contributed by atoms with van der Waals surface area (Å²) in [4.78, 5) is 38.9. The first-order valence-corrected chi connectivity index (χ1v) is 9.92. The van der Waals surface area contributed by atoms with Gasteiger partial charge in [0.1, 0.15) is 12.4 Å². The van der Waals surface area contributed by atoms with Gasteiger partial charge in [-0.3, -0.25) is 19.7 Å². The van der Waals surface area contributed by atoms with Gasteiger partial charge in [-0.05, 0) is 42.6 Å². The van der Waals surface area contributed by atoms with Crippen LogP contribution in [-0.2, 0) is 4.79 Å². The van der Waals surface area contributed by atoms with E-state index < -0.39 is 28.6 Å². The molecule has 7 nitrogen and oxygen atoms in total. The summed E-state index contributed by atoms with van der Waals surface area (Å²) in [6.45, 7) is 1.22. The zero-order valence-corrected chi connectivity index (χ0v) is 16.6. The number of carbonyl (C=O) groups is 2. The third-order valence-electron chi connectivity index (χ3n) is 5.01. The molecular formula is C21H16FN3O4S. The lowest BCUT2D eigenvalue weighted by molar-refractivity contribution is -0.385. The zero-order valence-electron chi connectivity index (χ0n) is 15.8. The Morgan fingerprint density at radius 2 is 2.07 bits per heavy atom. The zero-order chi connectivity index (χ0) is 21.4. The highest BCUT2D eigenvalue weighted by Gasteiger charge is 2.36. The van der Waals surface area contributed by atoms with Crippen LogP contribution in [0.1, 0.15) is 32.4 Å². The van der Waals surface area contributed by atoms with E-state index in [1.54, 1.807) is 12.1 Å². The largest absolute Gasteiger partial charge is 0.324 e. The Hall–Kier alpha value is -3.59. The van der Waals surface area contributed by atoms with Crippen molar-refractivity contribution in [3.63, 3.8) is 0 Å². The Bertz CT molecular complexity index is 1160. The third-order valence-corrected chi connectivity index (χ3v) is 5.94. The van der Waals surface area contributed by atoms with Gasteiger partial charge in [0.15, 0.2) is 0 Å². The van der Waals surface area contributed by atoms with Crippen molar-refractivity contribution < 1.29 is 18.9 Å². The van der Waals surface area contributed by atoms with Crippen LogP contribution in [0.4, 0.5) is 15.8 Å². The molecule has 2 heterocycles. The molecule has 2 amide bonds. The number of hydrogen-bond donors (Lipinski definition) is 1. The number of nitro benzene ring substituents is 1. The Labute approximate surface area is 174 Å². The van der Waals surface area contributed by atoms with Crippen LogP contribution in [-0.4, -0.2) is 28.2 Å². The molecule has 1 atom stereocenters. The maximum Gasteiger partial charge on any atom is 0.273 e. The highest BCUT2D eigenvalue weighted by Crippen LogP contribution is 2.39. The molecule has 0 saturated heterocycles. The van der Waals surface area contributed by atoms with E-state index in [1.165, 1.54) is 59.6 Å². The first kappa shape index (κ1) is 19.7. The number of anilines is 1. The van der Waals surface area contributed by atoms with Gasteiger partial charge < -0.3 is 10.2 Å². The number of hydrogen-bond acceptors (Lipinski definition) is 5. The number of nitrogens with one attached hydrogen (secondary N) is 1. The minimum absolute atomic E-state index is 0.124. The van der Waals surface area contributed by atoms with Crippen LogP contribution in [0.15, 0.2) is 53.9 Å². The summed E-state index contributed by atoms with van der Waals surface area (Å²) >= 11 is 1.37. The molecule has 1 aliphatic heterocycles. The molecule has 152 valence electrons. The lowest BCUT2D eigenvalue weighted by Gasteiger charge is -2.30. The lowest BCUT2D eigenvalue weighted by atomic mass is 9.99. The second kappa shape index (κ2) is 7.68. The van der Waals surface area contributed by atoms with Gasteiger partial charge in [0.2, 0.25) is 5.91 Å². The fourth-order valence-corrected chi connectivity index (χ4v) is 4.48. The van der Waals surface area contributed by atoms with E-state index in [0.717, 1.165) is 4.88 Å². The second-order valence-electron chi connectivity index (χ2n) is 6.84. The quantitative estimate of drug-likeness (QED) is 0.501. The molecule has 1 aromatic heterocycles. The van der Waals surface area contributed by atoms with Crippen molar-refractivity contribution in [2.75, 3.05) is 11.9 Å². The van der Waals surface area contributed by atoms with Crippen LogP contribution in [0.3, 0.4) is 0 Å². The van der Waals surface area contributed by atoms with Crippen molar-refractivity contribution in [3.05, 3.63) is 91.4 Å². The molecule has 30 heavy (non-hydrogen) atoms. The standard InChI is InChI=1S/C21H16FN3O4S/c1-12-14(4-2-5-17(12)25(28)29)21(27)24-11-19(26)23-16-8-7-13(22)10-15(16)20(24)18-6-3-9-30-18/h2-10,20H,11H2,1H3,(H,23,26). The molecule has 0 radical (unpaired) electrons. The number of amides is 2. The van der Waals surface area contributed by atoms with Gasteiger partial charge >= 0.3 is 0 Å². The number of rotatable bonds is 3. The number of benzene rings is 2. The average molecular weight is 425 g/mol. The summed E-state index contributed by atoms with van der Waals surface area (Å²) < 4.78 is 14.1. The summed E-state index contributed by atoms with van der Waals surface area (Å²) in [6.07, 6.45) is 0. The van der Waals surface area contributed by atoms with Crippen molar-refractivity contribution in [1.82, 2.24) is 4.90 Å². The van der Waals surface area contributed by atoms with Gasteiger partial charge in [-0.25, -0.2) is 4.39 Å². The monoisotopic (exact) mass is 425 g/mol. The second-order valence-corrected chi connectivity index (χ2v) is 7.82. The molecule has 1 unspecified atom stereocenters. The Morgan fingerprint density at radius 1 is 1.27 bits per heavy atom. The molecule has 4 rings (SSSR count). The number of nitrogens with zero attached hydrogens (tertiary/aromatic N) is 2. The van der Waals surface area contributed by atoms with Crippen molar-refractivity contribution in [3.8, 4) is 0 Å². The number of nitro groups is 1. The predicted octanol–water partition coefficient (Wildman–Crippen LogP) is 4.29. The lowest BCUT2D eigenvalue weighted by Crippen LogP contribution is -2.39. The summed E-state index contributed by atoms with van der Waals surface area (Å²) in [5.41, 5.74) is 1.02. The van der Waals surface area contributed by atoms with Crippen LogP contribution >= 0.6 is 11.3 Å². The predicted molar refractivity (Wildman–Crippen MR) is 110 cm³/mol. The maximum atomic E-state index is 14.1. The summed E-state index contributed by atoms with van der Waals surface area (Å²) in [6, 6.07) is 11.1. The number of halogens is 1. The smallest absolute Gasteiger partial charge is 0.273 e. The highest BCUT2D eigenvalue weighted by atomic mass is 32.1. The fraction of sp³-hybridized carbons (Fsp3) is 0.143. The van der Waals surface area contributed by atoms with Gasteiger partial charge in [-0.2, -0.15) is 0 Å². The Kier molecular flexibility index (Phi) is 5.04. The fourth-order valence-electron chi connectivity index (χ4n) is 3.63. The van der Waals surface area contributed by atoms with E-state index >= 15 is 0 Å². The van der Waals surface area contributed by atoms with Crippen LogP contribution in [0.5, 0.6) is 0 Å². The first-order chi connectivity index (χ1) is 14.4. The Balaban J connectivity index is 1.89. The molecule has 9 heteroatoms. The van der Waals surface area contributed by atoms with Gasteiger partial charge in [0.25, 0.3) is 11.6 Å². The van der Waals surface area contributed by atoms with E-state index in [2.05, 4.69) is 5.32 Å². The van der Waals surface area contributed by atoms with Crippen LogP contribution in [0, 0.1) is 22.9 Å². The van der Waals surface area contributed by atoms with E-state index in [9.17, 15) is 24.1 Å². The Morgan fingerprint density at radius 3 is 2.77 bits per heavy atom. The minimum Gasteiger partial charge on any atom is -0.324 e. The summed E-state index contributed by atoms with van der Waals surface area (Å²) in [5.74, 6) is -1.47. The molecule has 1 aliphatic rings. The van der Waals surface area contributed by atoms with Crippen LogP contribution in [0.2, 0.25) is 0 Å². The number of thiophene rings is 1. The minimum atomic E-state index is -0.721.